The number of nitrogen functional groups attached to an aromatic ring is 1. The minimum atomic E-state index is 0.420. The second-order valence-electron chi connectivity index (χ2n) is 7.77. The monoisotopic (exact) mass is 373 g/mol. The number of nitrogens with two attached hydrogens (primary N) is 1. The number of anilines is 1. The van der Waals surface area contributed by atoms with Crippen LogP contribution in [-0.4, -0.2) is 82.0 Å². The third kappa shape index (κ3) is 4.07. The van der Waals surface area contributed by atoms with Crippen molar-refractivity contribution in [1.82, 2.24) is 29.5 Å². The molecule has 3 heterocycles. The van der Waals surface area contributed by atoms with Crippen molar-refractivity contribution in [2.45, 2.75) is 44.2 Å². The number of aromatic nitrogens is 4. The van der Waals surface area contributed by atoms with Crippen LogP contribution >= 0.6 is 0 Å². The Morgan fingerprint density at radius 1 is 1.07 bits per heavy atom. The van der Waals surface area contributed by atoms with Gasteiger partial charge in [-0.3, -0.25) is 4.90 Å². The normalized spacial score (nSPS) is 25.2. The van der Waals surface area contributed by atoms with Crippen molar-refractivity contribution in [3.8, 4) is 0 Å². The largest absolute Gasteiger partial charge is 0.385 e. The summed E-state index contributed by atoms with van der Waals surface area (Å²) in [5.74, 6) is 0.517. The maximum Gasteiger partial charge on any atom is 0.163 e. The lowest BCUT2D eigenvalue weighted by atomic mass is 9.90. The lowest BCUT2D eigenvalue weighted by Gasteiger charge is -2.42. The fourth-order valence-electron chi connectivity index (χ4n) is 4.60. The van der Waals surface area contributed by atoms with Crippen LogP contribution < -0.4 is 5.73 Å². The zero-order valence-electron chi connectivity index (χ0n) is 16.3. The SMILES string of the molecule is COCCCN1CCN(C2CCC(n3ncc4c(N)ncnc43)CC2)CC1. The van der Waals surface area contributed by atoms with Gasteiger partial charge in [-0.25, -0.2) is 14.6 Å². The highest BCUT2D eigenvalue weighted by atomic mass is 16.5. The molecule has 2 aromatic rings. The molecule has 2 aliphatic rings. The summed E-state index contributed by atoms with van der Waals surface area (Å²) in [6.45, 7) is 6.77. The average molecular weight is 374 g/mol. The fraction of sp³-hybridized carbons (Fsp3) is 0.737. The predicted molar refractivity (Wildman–Crippen MR) is 106 cm³/mol. The van der Waals surface area contributed by atoms with Crippen LogP contribution in [0.4, 0.5) is 5.82 Å². The molecule has 0 unspecified atom stereocenters. The molecular formula is C19H31N7O. The number of hydrogen-bond acceptors (Lipinski definition) is 7. The lowest BCUT2D eigenvalue weighted by molar-refractivity contribution is 0.0662. The Morgan fingerprint density at radius 2 is 1.81 bits per heavy atom. The highest BCUT2D eigenvalue weighted by Crippen LogP contribution is 2.33. The molecule has 0 bridgehead atoms. The molecule has 8 heteroatoms. The zero-order chi connectivity index (χ0) is 18.6. The van der Waals surface area contributed by atoms with Crippen LogP contribution in [0.2, 0.25) is 0 Å². The van der Waals surface area contributed by atoms with Crippen molar-refractivity contribution >= 4 is 16.9 Å². The molecule has 148 valence electrons. The molecule has 0 aromatic carbocycles. The van der Waals surface area contributed by atoms with Crippen molar-refractivity contribution in [2.75, 3.05) is 52.2 Å². The first-order valence-electron chi connectivity index (χ1n) is 10.2. The van der Waals surface area contributed by atoms with Crippen LogP contribution in [-0.2, 0) is 4.74 Å². The summed E-state index contributed by atoms with van der Waals surface area (Å²) >= 11 is 0. The van der Waals surface area contributed by atoms with Crippen LogP contribution in [0.25, 0.3) is 11.0 Å². The molecule has 0 atom stereocenters. The van der Waals surface area contributed by atoms with E-state index in [-0.39, 0.29) is 0 Å². The highest BCUT2D eigenvalue weighted by Gasteiger charge is 2.30. The third-order valence-electron chi connectivity index (χ3n) is 6.18. The molecule has 8 nitrogen and oxygen atoms in total. The molecule has 1 saturated heterocycles. The quantitative estimate of drug-likeness (QED) is 0.769. The Balaban J connectivity index is 1.29. The second-order valence-corrected chi connectivity index (χ2v) is 7.77. The highest BCUT2D eigenvalue weighted by molar-refractivity contribution is 5.84. The van der Waals surface area contributed by atoms with E-state index in [0.29, 0.717) is 17.9 Å². The number of fused-ring (bicyclic) bond motifs is 1. The third-order valence-corrected chi connectivity index (χ3v) is 6.18. The first kappa shape index (κ1) is 18.6. The van der Waals surface area contributed by atoms with E-state index in [0.717, 1.165) is 43.4 Å². The van der Waals surface area contributed by atoms with E-state index in [4.69, 9.17) is 10.5 Å². The topological polar surface area (TPSA) is 85.3 Å². The van der Waals surface area contributed by atoms with Gasteiger partial charge >= 0.3 is 0 Å². The number of piperazine rings is 1. The summed E-state index contributed by atoms with van der Waals surface area (Å²) < 4.78 is 7.23. The van der Waals surface area contributed by atoms with Gasteiger partial charge in [-0.15, -0.1) is 0 Å². The van der Waals surface area contributed by atoms with Crippen LogP contribution in [0.1, 0.15) is 38.1 Å². The number of hydrogen-bond donors (Lipinski definition) is 1. The van der Waals surface area contributed by atoms with E-state index in [1.165, 1.54) is 45.3 Å². The minimum Gasteiger partial charge on any atom is -0.385 e. The van der Waals surface area contributed by atoms with Crippen molar-refractivity contribution in [3.05, 3.63) is 12.5 Å². The van der Waals surface area contributed by atoms with Gasteiger partial charge in [-0.05, 0) is 32.1 Å². The van der Waals surface area contributed by atoms with Crippen molar-refractivity contribution in [1.29, 1.82) is 0 Å². The maximum atomic E-state index is 5.95. The van der Waals surface area contributed by atoms with Gasteiger partial charge in [-0.1, -0.05) is 0 Å². The van der Waals surface area contributed by atoms with Crippen LogP contribution in [0.3, 0.4) is 0 Å². The molecule has 4 rings (SSSR count). The first-order chi connectivity index (χ1) is 13.3. The molecule has 1 saturated carbocycles. The zero-order valence-corrected chi connectivity index (χ0v) is 16.3. The minimum absolute atomic E-state index is 0.420. The number of nitrogens with zero attached hydrogens (tertiary/aromatic N) is 6. The molecular weight excluding hydrogens is 342 g/mol. The lowest BCUT2D eigenvalue weighted by Crippen LogP contribution is -2.51. The standard InChI is InChI=1S/C19H31N7O/c1-27-12-2-7-24-8-10-25(11-9-24)15-3-5-16(6-4-15)26-19-17(13-23-26)18(20)21-14-22-19/h13-16H,2-12H2,1H3,(H2,20,21,22). The smallest absolute Gasteiger partial charge is 0.163 e. The molecule has 1 aliphatic carbocycles. The number of methoxy groups -OCH3 is 1. The van der Waals surface area contributed by atoms with E-state index in [9.17, 15) is 0 Å². The Hall–Kier alpha value is -1.77. The van der Waals surface area contributed by atoms with Gasteiger partial charge < -0.3 is 15.4 Å². The van der Waals surface area contributed by atoms with Gasteiger partial charge in [0.25, 0.3) is 0 Å². The fourth-order valence-corrected chi connectivity index (χ4v) is 4.60. The summed E-state index contributed by atoms with van der Waals surface area (Å²) in [4.78, 5) is 13.7. The Labute approximate surface area is 160 Å². The summed E-state index contributed by atoms with van der Waals surface area (Å²) in [5.41, 5.74) is 6.82. The van der Waals surface area contributed by atoms with E-state index >= 15 is 0 Å². The molecule has 0 radical (unpaired) electrons. The molecule has 2 fully saturated rings. The van der Waals surface area contributed by atoms with Gasteiger partial charge in [0.05, 0.1) is 17.6 Å². The number of ether oxygens (including phenoxy) is 1. The van der Waals surface area contributed by atoms with Gasteiger partial charge in [-0.2, -0.15) is 5.10 Å². The van der Waals surface area contributed by atoms with Crippen molar-refractivity contribution < 1.29 is 4.74 Å². The summed E-state index contributed by atoms with van der Waals surface area (Å²) in [7, 11) is 1.78. The van der Waals surface area contributed by atoms with Crippen LogP contribution in [0, 0.1) is 0 Å². The van der Waals surface area contributed by atoms with Crippen LogP contribution in [0.5, 0.6) is 0 Å². The summed E-state index contributed by atoms with van der Waals surface area (Å²) in [6.07, 6.45) is 9.24. The Kier molecular flexibility index (Phi) is 5.85. The molecule has 0 amide bonds. The summed E-state index contributed by atoms with van der Waals surface area (Å²) in [6, 6.07) is 1.13. The predicted octanol–water partition coefficient (Wildman–Crippen LogP) is 1.55. The van der Waals surface area contributed by atoms with Gasteiger partial charge in [0.2, 0.25) is 0 Å². The van der Waals surface area contributed by atoms with E-state index < -0.39 is 0 Å². The van der Waals surface area contributed by atoms with E-state index in [1.54, 1.807) is 13.3 Å². The second kappa shape index (κ2) is 8.50. The van der Waals surface area contributed by atoms with Crippen molar-refractivity contribution in [2.24, 2.45) is 0 Å². The molecule has 27 heavy (non-hydrogen) atoms. The molecule has 2 aromatic heterocycles. The van der Waals surface area contributed by atoms with Crippen molar-refractivity contribution in [3.63, 3.8) is 0 Å². The van der Waals surface area contributed by atoms with Gasteiger partial charge in [0.15, 0.2) is 5.65 Å². The van der Waals surface area contributed by atoms with E-state index in [1.807, 2.05) is 0 Å². The Bertz CT molecular complexity index is 733. The van der Waals surface area contributed by atoms with E-state index in [2.05, 4.69) is 29.5 Å². The Morgan fingerprint density at radius 3 is 2.56 bits per heavy atom. The van der Waals surface area contributed by atoms with Crippen LogP contribution in [0.15, 0.2) is 12.5 Å². The van der Waals surface area contributed by atoms with Gasteiger partial charge in [0.1, 0.15) is 12.1 Å². The average Bonchev–Trinajstić information content (AvgIpc) is 3.14. The summed E-state index contributed by atoms with van der Waals surface area (Å²) in [5, 5.41) is 5.43. The molecule has 2 N–H and O–H groups in total. The van der Waals surface area contributed by atoms with Gasteiger partial charge in [0, 0.05) is 52.5 Å². The molecule has 1 aliphatic heterocycles. The maximum absolute atomic E-state index is 5.95. The number of rotatable bonds is 6. The first-order valence-corrected chi connectivity index (χ1v) is 10.2. The molecule has 0 spiro atoms.